The van der Waals surface area contributed by atoms with Gasteiger partial charge in [-0.05, 0) is 25.1 Å². The fourth-order valence-corrected chi connectivity index (χ4v) is 2.89. The van der Waals surface area contributed by atoms with Crippen molar-refractivity contribution in [3.8, 4) is 0 Å². The zero-order valence-corrected chi connectivity index (χ0v) is 13.5. The minimum absolute atomic E-state index is 0.0894. The van der Waals surface area contributed by atoms with Gasteiger partial charge in [0.2, 0.25) is 0 Å². The fourth-order valence-electron chi connectivity index (χ4n) is 2.89. The van der Waals surface area contributed by atoms with Crippen LogP contribution in [0.25, 0.3) is 0 Å². The Morgan fingerprint density at radius 2 is 2.30 bits per heavy atom. The molecule has 0 radical (unpaired) electrons. The first-order valence-electron chi connectivity index (χ1n) is 7.89. The number of hydrogen-bond donors (Lipinski definition) is 2. The molecule has 7 heteroatoms. The lowest BCUT2D eigenvalue weighted by molar-refractivity contribution is 0.0946. The van der Waals surface area contributed by atoms with Gasteiger partial charge in [-0.15, -0.1) is 0 Å². The molecule has 1 atom stereocenters. The molecular weight excluding hydrogens is 292 g/mol. The van der Waals surface area contributed by atoms with Gasteiger partial charge in [0.15, 0.2) is 0 Å². The van der Waals surface area contributed by atoms with E-state index in [-0.39, 0.29) is 12.1 Å². The maximum absolute atomic E-state index is 12.6. The van der Waals surface area contributed by atoms with E-state index >= 15 is 0 Å². The molecule has 7 nitrogen and oxygen atoms in total. The Labute approximate surface area is 135 Å². The minimum Gasteiger partial charge on any atom is -0.347 e. The highest BCUT2D eigenvalue weighted by atomic mass is 16.2. The standard InChI is InChI=1S/C16H22N6O/c1-3-21-8-9-22(11-14(21)15-18-6-7-19-15)16(23)20-13-10-17-5-4-12(13)2/h4-7,10,14H,3,8-9,11H2,1-2H3,(H,18,19)(H,20,23)/t14-/m0/s1. The average Bonchev–Trinajstić information content (AvgIpc) is 3.10. The number of aromatic nitrogens is 3. The molecule has 2 amide bonds. The van der Waals surface area contributed by atoms with Crippen LogP contribution in [0.4, 0.5) is 10.5 Å². The minimum atomic E-state index is -0.0894. The molecule has 1 fully saturated rings. The largest absolute Gasteiger partial charge is 0.347 e. The Balaban J connectivity index is 1.71. The molecule has 0 aliphatic carbocycles. The molecule has 0 unspecified atom stereocenters. The highest BCUT2D eigenvalue weighted by molar-refractivity contribution is 5.90. The van der Waals surface area contributed by atoms with E-state index in [4.69, 9.17) is 0 Å². The van der Waals surface area contributed by atoms with E-state index in [1.807, 2.05) is 24.1 Å². The first-order valence-corrected chi connectivity index (χ1v) is 7.89. The molecule has 2 N–H and O–H groups in total. The van der Waals surface area contributed by atoms with Crippen LogP contribution in [0.5, 0.6) is 0 Å². The van der Waals surface area contributed by atoms with Crippen LogP contribution in [-0.4, -0.2) is 57.0 Å². The Morgan fingerprint density at radius 1 is 1.43 bits per heavy atom. The lowest BCUT2D eigenvalue weighted by atomic mass is 10.1. The van der Waals surface area contributed by atoms with Gasteiger partial charge in [0.25, 0.3) is 0 Å². The number of piperazine rings is 1. The van der Waals surface area contributed by atoms with Crippen LogP contribution in [0.3, 0.4) is 0 Å². The van der Waals surface area contributed by atoms with Crippen molar-refractivity contribution in [2.45, 2.75) is 19.9 Å². The number of nitrogens with one attached hydrogen (secondary N) is 2. The summed E-state index contributed by atoms with van der Waals surface area (Å²) < 4.78 is 0. The summed E-state index contributed by atoms with van der Waals surface area (Å²) in [6, 6.07) is 1.90. The molecule has 0 aromatic carbocycles. The monoisotopic (exact) mass is 314 g/mol. The molecule has 1 aliphatic heterocycles. The van der Waals surface area contributed by atoms with Gasteiger partial charge >= 0.3 is 6.03 Å². The molecule has 23 heavy (non-hydrogen) atoms. The van der Waals surface area contributed by atoms with Gasteiger partial charge in [-0.1, -0.05) is 6.92 Å². The summed E-state index contributed by atoms with van der Waals surface area (Å²) in [4.78, 5) is 28.3. The number of imidazole rings is 1. The molecule has 0 saturated carbocycles. The van der Waals surface area contributed by atoms with E-state index < -0.39 is 0 Å². The maximum atomic E-state index is 12.6. The number of aromatic amines is 1. The zero-order valence-electron chi connectivity index (χ0n) is 13.5. The molecular formula is C16H22N6O. The molecule has 1 aliphatic rings. The van der Waals surface area contributed by atoms with Crippen LogP contribution in [0.1, 0.15) is 24.4 Å². The number of pyridine rings is 1. The van der Waals surface area contributed by atoms with E-state index in [9.17, 15) is 4.79 Å². The normalized spacial score (nSPS) is 18.9. The third-order valence-electron chi connectivity index (χ3n) is 4.30. The van der Waals surface area contributed by atoms with Crippen molar-refractivity contribution in [3.63, 3.8) is 0 Å². The van der Waals surface area contributed by atoms with E-state index in [0.29, 0.717) is 13.1 Å². The lowest BCUT2D eigenvalue weighted by Gasteiger charge is -2.40. The Bertz CT molecular complexity index is 656. The van der Waals surface area contributed by atoms with Crippen molar-refractivity contribution in [1.29, 1.82) is 0 Å². The number of anilines is 1. The quantitative estimate of drug-likeness (QED) is 0.908. The SMILES string of the molecule is CCN1CCN(C(=O)Nc2cnccc2C)C[C@H]1c1ncc[nH]1. The van der Waals surface area contributed by atoms with Gasteiger partial charge in [-0.25, -0.2) is 9.78 Å². The van der Waals surface area contributed by atoms with Gasteiger partial charge in [-0.2, -0.15) is 0 Å². The van der Waals surface area contributed by atoms with E-state index in [1.54, 1.807) is 18.6 Å². The number of rotatable bonds is 3. The molecule has 0 spiro atoms. The third kappa shape index (κ3) is 3.34. The number of aryl methyl sites for hydroxylation is 1. The van der Waals surface area contributed by atoms with Gasteiger partial charge < -0.3 is 15.2 Å². The molecule has 1 saturated heterocycles. The van der Waals surface area contributed by atoms with Gasteiger partial charge in [0.05, 0.1) is 17.9 Å². The number of carbonyl (C=O) groups is 1. The van der Waals surface area contributed by atoms with Crippen molar-refractivity contribution >= 4 is 11.7 Å². The van der Waals surface area contributed by atoms with E-state index in [2.05, 4.69) is 32.1 Å². The highest BCUT2D eigenvalue weighted by Crippen LogP contribution is 2.23. The van der Waals surface area contributed by atoms with Crippen LogP contribution < -0.4 is 5.32 Å². The summed E-state index contributed by atoms with van der Waals surface area (Å²) in [5.74, 6) is 0.905. The first-order chi connectivity index (χ1) is 11.2. The summed E-state index contributed by atoms with van der Waals surface area (Å²) in [7, 11) is 0. The van der Waals surface area contributed by atoms with Crippen LogP contribution >= 0.6 is 0 Å². The fraction of sp³-hybridized carbons (Fsp3) is 0.438. The topological polar surface area (TPSA) is 77.2 Å². The molecule has 3 rings (SSSR count). The summed E-state index contributed by atoms with van der Waals surface area (Å²) in [6.45, 7) is 7.18. The molecule has 122 valence electrons. The summed E-state index contributed by atoms with van der Waals surface area (Å²) >= 11 is 0. The molecule has 3 heterocycles. The number of urea groups is 1. The summed E-state index contributed by atoms with van der Waals surface area (Å²) in [6.07, 6.45) is 6.97. The Hall–Kier alpha value is -2.41. The van der Waals surface area contributed by atoms with Gasteiger partial charge in [-0.3, -0.25) is 9.88 Å². The second-order valence-corrected chi connectivity index (χ2v) is 5.69. The maximum Gasteiger partial charge on any atom is 0.322 e. The van der Waals surface area contributed by atoms with Crippen molar-refractivity contribution in [2.75, 3.05) is 31.5 Å². The van der Waals surface area contributed by atoms with E-state index in [1.165, 1.54) is 0 Å². The molecule has 0 bridgehead atoms. The number of hydrogen-bond acceptors (Lipinski definition) is 4. The van der Waals surface area contributed by atoms with E-state index in [0.717, 1.165) is 30.2 Å². The first kappa shape index (κ1) is 15.5. The number of nitrogens with zero attached hydrogens (tertiary/aromatic N) is 4. The second-order valence-electron chi connectivity index (χ2n) is 5.69. The van der Waals surface area contributed by atoms with Crippen molar-refractivity contribution in [3.05, 3.63) is 42.2 Å². The van der Waals surface area contributed by atoms with Gasteiger partial charge in [0.1, 0.15) is 5.82 Å². The van der Waals surface area contributed by atoms with Crippen molar-refractivity contribution in [1.82, 2.24) is 24.8 Å². The smallest absolute Gasteiger partial charge is 0.322 e. The third-order valence-corrected chi connectivity index (χ3v) is 4.30. The number of likely N-dealkylation sites (N-methyl/N-ethyl adjacent to an activating group) is 1. The number of H-pyrrole nitrogens is 1. The van der Waals surface area contributed by atoms with Gasteiger partial charge in [0, 0.05) is 38.2 Å². The predicted octanol–water partition coefficient (Wildman–Crippen LogP) is 2.02. The van der Waals surface area contributed by atoms with Crippen LogP contribution in [0, 0.1) is 6.92 Å². The van der Waals surface area contributed by atoms with Crippen molar-refractivity contribution < 1.29 is 4.79 Å². The zero-order chi connectivity index (χ0) is 16.2. The average molecular weight is 314 g/mol. The Kier molecular flexibility index (Phi) is 4.57. The summed E-state index contributed by atoms with van der Waals surface area (Å²) in [5.41, 5.74) is 1.76. The number of amides is 2. The van der Waals surface area contributed by atoms with Crippen LogP contribution in [0.2, 0.25) is 0 Å². The second kappa shape index (κ2) is 6.78. The van der Waals surface area contributed by atoms with Crippen molar-refractivity contribution in [2.24, 2.45) is 0 Å². The molecule has 2 aromatic heterocycles. The predicted molar refractivity (Wildman–Crippen MR) is 88.1 cm³/mol. The Morgan fingerprint density at radius 3 is 3.00 bits per heavy atom. The van der Waals surface area contributed by atoms with Crippen LogP contribution in [-0.2, 0) is 0 Å². The summed E-state index contributed by atoms with van der Waals surface area (Å²) in [5, 5.41) is 2.95. The molecule has 2 aromatic rings. The lowest BCUT2D eigenvalue weighted by Crippen LogP contribution is -2.51. The van der Waals surface area contributed by atoms with Crippen LogP contribution in [0.15, 0.2) is 30.9 Å². The highest BCUT2D eigenvalue weighted by Gasteiger charge is 2.31. The number of carbonyl (C=O) groups excluding carboxylic acids is 1.